The van der Waals surface area contributed by atoms with E-state index in [2.05, 4.69) is 0 Å². The van der Waals surface area contributed by atoms with Gasteiger partial charge in [0.05, 0.1) is 18.2 Å². The molecule has 0 saturated heterocycles. The first-order chi connectivity index (χ1) is 9.52. The second-order valence-electron chi connectivity index (χ2n) is 4.26. The molecule has 0 N–H and O–H groups in total. The van der Waals surface area contributed by atoms with Gasteiger partial charge >= 0.3 is 11.1 Å². The molecule has 100 valence electrons. The lowest BCUT2D eigenvalue weighted by atomic mass is 10.1. The third-order valence-electron chi connectivity index (χ3n) is 2.88. The van der Waals surface area contributed by atoms with E-state index >= 15 is 0 Å². The third-order valence-corrected chi connectivity index (χ3v) is 2.88. The summed E-state index contributed by atoms with van der Waals surface area (Å²) in [5.41, 5.74) is -0.582. The summed E-state index contributed by atoms with van der Waals surface area (Å²) in [6, 6.07) is 8.05. The Bertz CT molecular complexity index is 807. The summed E-state index contributed by atoms with van der Waals surface area (Å²) in [6.07, 6.45) is 2.82. The SMILES string of the molecule is Cn1ccn(CC(=O)c2ccc(C#N)cc2)c(=O)c1=O. The number of ketones is 1. The fourth-order valence-electron chi connectivity index (χ4n) is 1.69. The number of Topliss-reactive ketones (excluding diaryl/α,β-unsaturated/α-hetero) is 1. The van der Waals surface area contributed by atoms with Crippen LogP contribution in [0.1, 0.15) is 15.9 Å². The van der Waals surface area contributed by atoms with Gasteiger partial charge in [-0.05, 0) is 12.1 Å². The average Bonchev–Trinajstić information content (AvgIpc) is 2.48. The molecular weight excluding hydrogens is 258 g/mol. The highest BCUT2D eigenvalue weighted by Crippen LogP contribution is 2.05. The van der Waals surface area contributed by atoms with Crippen molar-refractivity contribution in [3.8, 4) is 6.07 Å². The Labute approximate surface area is 114 Å². The lowest BCUT2D eigenvalue weighted by molar-refractivity contribution is 0.0970. The molecule has 0 aliphatic rings. The molecule has 0 spiro atoms. The standard InChI is InChI=1S/C14H11N3O3/c1-16-6-7-17(14(20)13(16)19)9-12(18)11-4-2-10(8-15)3-5-11/h2-7H,9H2,1H3. The Morgan fingerprint density at radius 1 is 1.15 bits per heavy atom. The van der Waals surface area contributed by atoms with E-state index in [1.165, 1.54) is 43.7 Å². The largest absolute Gasteiger partial charge is 0.316 e. The van der Waals surface area contributed by atoms with Crippen LogP contribution >= 0.6 is 0 Å². The molecule has 0 unspecified atom stereocenters. The molecule has 0 aliphatic heterocycles. The molecule has 0 amide bonds. The Kier molecular flexibility index (Phi) is 3.62. The molecule has 1 heterocycles. The highest BCUT2D eigenvalue weighted by molar-refractivity contribution is 5.95. The van der Waals surface area contributed by atoms with Gasteiger partial charge in [0.25, 0.3) is 0 Å². The minimum absolute atomic E-state index is 0.208. The summed E-state index contributed by atoms with van der Waals surface area (Å²) in [6.45, 7) is -0.208. The first kappa shape index (κ1) is 13.5. The van der Waals surface area contributed by atoms with Gasteiger partial charge in [0.2, 0.25) is 0 Å². The van der Waals surface area contributed by atoms with Crippen LogP contribution in [0.2, 0.25) is 0 Å². The average molecular weight is 269 g/mol. The molecule has 0 atom stereocenters. The molecule has 0 bridgehead atoms. The van der Waals surface area contributed by atoms with Crippen molar-refractivity contribution in [2.24, 2.45) is 7.05 Å². The van der Waals surface area contributed by atoms with Crippen LogP contribution in [0.25, 0.3) is 0 Å². The Morgan fingerprint density at radius 3 is 2.40 bits per heavy atom. The summed E-state index contributed by atoms with van der Waals surface area (Å²) in [4.78, 5) is 35.2. The normalized spacial score (nSPS) is 10.0. The van der Waals surface area contributed by atoms with Crippen LogP contribution in [0, 0.1) is 11.3 Å². The number of aromatic nitrogens is 2. The lowest BCUT2D eigenvalue weighted by Gasteiger charge is -2.05. The molecule has 2 aromatic rings. The van der Waals surface area contributed by atoms with Gasteiger partial charge in [-0.1, -0.05) is 12.1 Å². The van der Waals surface area contributed by atoms with Gasteiger partial charge in [0, 0.05) is 25.0 Å². The van der Waals surface area contributed by atoms with Crippen molar-refractivity contribution < 1.29 is 4.79 Å². The number of nitriles is 1. The zero-order chi connectivity index (χ0) is 14.7. The van der Waals surface area contributed by atoms with Crippen LogP contribution in [-0.4, -0.2) is 14.9 Å². The number of hydrogen-bond acceptors (Lipinski definition) is 4. The highest BCUT2D eigenvalue weighted by atomic mass is 16.2. The van der Waals surface area contributed by atoms with Crippen LogP contribution in [0.15, 0.2) is 46.2 Å². The molecule has 1 aromatic heterocycles. The van der Waals surface area contributed by atoms with Crippen molar-refractivity contribution in [2.75, 3.05) is 0 Å². The fourth-order valence-corrected chi connectivity index (χ4v) is 1.69. The minimum atomic E-state index is -0.739. The van der Waals surface area contributed by atoms with Gasteiger partial charge in [-0.3, -0.25) is 14.4 Å². The molecule has 0 aliphatic carbocycles. The van der Waals surface area contributed by atoms with Gasteiger partial charge < -0.3 is 9.13 Å². The Morgan fingerprint density at radius 2 is 1.80 bits per heavy atom. The van der Waals surface area contributed by atoms with Gasteiger partial charge in [-0.15, -0.1) is 0 Å². The zero-order valence-corrected chi connectivity index (χ0v) is 10.7. The van der Waals surface area contributed by atoms with Crippen molar-refractivity contribution in [3.63, 3.8) is 0 Å². The van der Waals surface area contributed by atoms with Gasteiger partial charge in [0.15, 0.2) is 5.78 Å². The minimum Gasteiger partial charge on any atom is -0.312 e. The van der Waals surface area contributed by atoms with Gasteiger partial charge in [-0.2, -0.15) is 5.26 Å². The van der Waals surface area contributed by atoms with Crippen LogP contribution in [0.4, 0.5) is 0 Å². The predicted molar refractivity (Wildman–Crippen MR) is 71.4 cm³/mol. The van der Waals surface area contributed by atoms with E-state index in [0.29, 0.717) is 11.1 Å². The second kappa shape index (κ2) is 5.36. The maximum Gasteiger partial charge on any atom is 0.316 e. The zero-order valence-electron chi connectivity index (χ0n) is 10.7. The van der Waals surface area contributed by atoms with Crippen molar-refractivity contribution >= 4 is 5.78 Å². The van der Waals surface area contributed by atoms with Crippen molar-refractivity contribution in [1.29, 1.82) is 5.26 Å². The Hall–Kier alpha value is -2.94. The number of rotatable bonds is 3. The summed E-state index contributed by atoms with van der Waals surface area (Å²) >= 11 is 0. The van der Waals surface area contributed by atoms with Crippen LogP contribution in [-0.2, 0) is 13.6 Å². The lowest BCUT2D eigenvalue weighted by Crippen LogP contribution is -2.40. The van der Waals surface area contributed by atoms with E-state index in [9.17, 15) is 14.4 Å². The topological polar surface area (TPSA) is 84.9 Å². The maximum atomic E-state index is 12.0. The van der Waals surface area contributed by atoms with Crippen molar-refractivity contribution in [2.45, 2.75) is 6.54 Å². The first-order valence-electron chi connectivity index (χ1n) is 5.82. The number of carbonyl (C=O) groups excluding carboxylic acids is 1. The molecular formula is C14H11N3O3. The summed E-state index contributed by atoms with van der Waals surface area (Å²) in [7, 11) is 1.47. The van der Waals surface area contributed by atoms with E-state index in [4.69, 9.17) is 5.26 Å². The molecule has 0 radical (unpaired) electrons. The predicted octanol–water partition coefficient (Wildman–Crippen LogP) is 0.302. The number of nitrogens with zero attached hydrogens (tertiary/aromatic N) is 3. The van der Waals surface area contributed by atoms with Crippen LogP contribution in [0.5, 0.6) is 0 Å². The second-order valence-corrected chi connectivity index (χ2v) is 4.26. The summed E-state index contributed by atoms with van der Waals surface area (Å²) in [5.74, 6) is -0.301. The van der Waals surface area contributed by atoms with Crippen LogP contribution < -0.4 is 11.1 Å². The van der Waals surface area contributed by atoms with Crippen molar-refractivity contribution in [3.05, 3.63) is 68.5 Å². The maximum absolute atomic E-state index is 12.0. The smallest absolute Gasteiger partial charge is 0.312 e. The quantitative estimate of drug-likeness (QED) is 0.592. The number of benzene rings is 1. The van der Waals surface area contributed by atoms with E-state index < -0.39 is 11.1 Å². The number of carbonyl (C=O) groups is 1. The van der Waals surface area contributed by atoms with E-state index in [1.54, 1.807) is 0 Å². The fraction of sp³-hybridized carbons (Fsp3) is 0.143. The van der Waals surface area contributed by atoms with Gasteiger partial charge in [-0.25, -0.2) is 0 Å². The third kappa shape index (κ3) is 2.57. The van der Waals surface area contributed by atoms with Crippen molar-refractivity contribution in [1.82, 2.24) is 9.13 Å². The number of aryl methyl sites for hydroxylation is 1. The number of hydrogen-bond donors (Lipinski definition) is 0. The molecule has 0 fully saturated rings. The summed E-state index contributed by atoms with van der Waals surface area (Å²) in [5, 5.41) is 8.68. The van der Waals surface area contributed by atoms with E-state index in [1.807, 2.05) is 6.07 Å². The summed E-state index contributed by atoms with van der Waals surface area (Å²) < 4.78 is 2.23. The molecule has 20 heavy (non-hydrogen) atoms. The molecule has 1 aromatic carbocycles. The van der Waals surface area contributed by atoms with Gasteiger partial charge in [0.1, 0.15) is 0 Å². The molecule has 6 heteroatoms. The van der Waals surface area contributed by atoms with Crippen LogP contribution in [0.3, 0.4) is 0 Å². The first-order valence-corrected chi connectivity index (χ1v) is 5.82. The highest BCUT2D eigenvalue weighted by Gasteiger charge is 2.09. The monoisotopic (exact) mass is 269 g/mol. The molecule has 0 saturated carbocycles. The molecule has 2 rings (SSSR count). The van der Waals surface area contributed by atoms with E-state index in [-0.39, 0.29) is 12.3 Å². The Balaban J connectivity index is 2.28. The van der Waals surface area contributed by atoms with E-state index in [0.717, 1.165) is 9.13 Å². The molecule has 6 nitrogen and oxygen atoms in total.